The molecule has 3 heteroatoms. The molecule has 0 aliphatic carbocycles. The van der Waals surface area contributed by atoms with Crippen molar-refractivity contribution in [3.05, 3.63) is 29.8 Å². The van der Waals surface area contributed by atoms with Gasteiger partial charge in [0.2, 0.25) is 0 Å². The lowest BCUT2D eigenvalue weighted by Crippen LogP contribution is -2.60. The van der Waals surface area contributed by atoms with Gasteiger partial charge in [-0.15, -0.1) is 11.8 Å². The van der Waals surface area contributed by atoms with Gasteiger partial charge in [0.1, 0.15) is 0 Å². The number of thioether (sulfide) groups is 1. The molecule has 1 aromatic rings. The first-order chi connectivity index (χ1) is 6.73. The van der Waals surface area contributed by atoms with Gasteiger partial charge in [0.05, 0.1) is 5.60 Å². The number of hydrogen-bond acceptors (Lipinski definition) is 3. The minimum atomic E-state index is -0.508. The van der Waals surface area contributed by atoms with Crippen LogP contribution >= 0.6 is 11.8 Å². The summed E-state index contributed by atoms with van der Waals surface area (Å²) in [6, 6.07) is 8.28. The van der Waals surface area contributed by atoms with Crippen LogP contribution in [0.2, 0.25) is 0 Å². The second kappa shape index (κ2) is 3.93. The Balaban J connectivity index is 2.15. The van der Waals surface area contributed by atoms with E-state index in [4.69, 9.17) is 0 Å². The van der Waals surface area contributed by atoms with Crippen molar-refractivity contribution >= 4 is 11.8 Å². The third-order valence-electron chi connectivity index (χ3n) is 2.62. The summed E-state index contributed by atoms with van der Waals surface area (Å²) in [5.74, 6) is 0. The number of aliphatic hydroxyl groups is 1. The van der Waals surface area contributed by atoms with E-state index in [-0.39, 0.29) is 0 Å². The minimum absolute atomic E-state index is 0.508. The fourth-order valence-electron chi connectivity index (χ4n) is 1.74. The second-order valence-electron chi connectivity index (χ2n) is 3.82. The molecule has 0 saturated carbocycles. The molecule has 2 rings (SSSR count). The van der Waals surface area contributed by atoms with Crippen LogP contribution in [0.3, 0.4) is 0 Å². The van der Waals surface area contributed by atoms with Crippen molar-refractivity contribution in [3.63, 3.8) is 0 Å². The molecular weight excluding hydrogens is 194 g/mol. The number of nitrogens with one attached hydrogen (secondary N) is 1. The Labute approximate surface area is 88.7 Å². The number of β-amino-alcohol motifs (C(OH)–C–C–N with tert-alkyl or cyclic N) is 1. The van der Waals surface area contributed by atoms with Crippen LogP contribution in [0.4, 0.5) is 0 Å². The van der Waals surface area contributed by atoms with Crippen molar-refractivity contribution in [2.75, 3.05) is 19.3 Å². The Kier molecular flexibility index (Phi) is 2.81. The van der Waals surface area contributed by atoms with Crippen LogP contribution in [0.5, 0.6) is 0 Å². The Morgan fingerprint density at radius 1 is 1.43 bits per heavy atom. The number of hydrogen-bond donors (Lipinski definition) is 2. The highest BCUT2D eigenvalue weighted by molar-refractivity contribution is 7.98. The summed E-state index contributed by atoms with van der Waals surface area (Å²) >= 11 is 1.74. The van der Waals surface area contributed by atoms with Gasteiger partial charge < -0.3 is 10.4 Å². The van der Waals surface area contributed by atoms with Gasteiger partial charge in [0, 0.05) is 24.4 Å². The fourth-order valence-corrected chi connectivity index (χ4v) is 2.36. The molecule has 1 aliphatic rings. The molecule has 0 unspecified atom stereocenters. The summed E-state index contributed by atoms with van der Waals surface area (Å²) in [6.45, 7) is 1.44. The molecule has 0 bridgehead atoms. The van der Waals surface area contributed by atoms with Crippen molar-refractivity contribution in [2.45, 2.75) is 16.9 Å². The van der Waals surface area contributed by atoms with Gasteiger partial charge >= 0.3 is 0 Å². The molecule has 0 amide bonds. The van der Waals surface area contributed by atoms with E-state index in [0.717, 1.165) is 19.5 Å². The van der Waals surface area contributed by atoms with E-state index in [1.54, 1.807) is 11.8 Å². The van der Waals surface area contributed by atoms with Crippen molar-refractivity contribution < 1.29 is 5.11 Å². The highest BCUT2D eigenvalue weighted by atomic mass is 32.2. The maximum Gasteiger partial charge on any atom is 0.0935 e. The average molecular weight is 209 g/mol. The zero-order valence-electron chi connectivity index (χ0n) is 8.29. The molecule has 1 saturated heterocycles. The summed E-state index contributed by atoms with van der Waals surface area (Å²) < 4.78 is 0. The number of rotatable bonds is 3. The number of benzene rings is 1. The summed E-state index contributed by atoms with van der Waals surface area (Å²) in [7, 11) is 0. The van der Waals surface area contributed by atoms with Crippen LogP contribution in [-0.4, -0.2) is 30.1 Å². The Morgan fingerprint density at radius 2 is 2.14 bits per heavy atom. The molecule has 0 aromatic heterocycles. The highest BCUT2D eigenvalue weighted by Gasteiger charge is 2.34. The second-order valence-corrected chi connectivity index (χ2v) is 4.66. The van der Waals surface area contributed by atoms with Crippen molar-refractivity contribution in [3.8, 4) is 0 Å². The maximum atomic E-state index is 10.0. The van der Waals surface area contributed by atoms with Gasteiger partial charge in [-0.2, -0.15) is 0 Å². The van der Waals surface area contributed by atoms with Gasteiger partial charge in [-0.3, -0.25) is 0 Å². The predicted octanol–water partition coefficient (Wildman–Crippen LogP) is 1.29. The van der Waals surface area contributed by atoms with Crippen molar-refractivity contribution in [1.82, 2.24) is 5.32 Å². The molecule has 0 spiro atoms. The molecule has 1 heterocycles. The van der Waals surface area contributed by atoms with E-state index >= 15 is 0 Å². The summed E-state index contributed by atoms with van der Waals surface area (Å²) in [5, 5.41) is 13.1. The topological polar surface area (TPSA) is 32.3 Å². The molecule has 2 nitrogen and oxygen atoms in total. The summed E-state index contributed by atoms with van der Waals surface area (Å²) in [5.41, 5.74) is 0.746. The summed E-state index contributed by atoms with van der Waals surface area (Å²) in [6.07, 6.45) is 2.83. The third-order valence-corrected chi connectivity index (χ3v) is 3.46. The van der Waals surface area contributed by atoms with Crippen LogP contribution < -0.4 is 5.32 Å². The normalized spacial score (nSPS) is 19.0. The predicted molar refractivity (Wildman–Crippen MR) is 59.7 cm³/mol. The van der Waals surface area contributed by atoms with E-state index < -0.39 is 5.60 Å². The monoisotopic (exact) mass is 209 g/mol. The van der Waals surface area contributed by atoms with E-state index in [1.165, 1.54) is 10.5 Å². The standard InChI is InChI=1S/C11H15NOS/c1-14-10-5-3-2-4-9(10)6-11(13)7-12-8-11/h2-5,12-13H,6-8H2,1H3. The van der Waals surface area contributed by atoms with Gasteiger partial charge in [-0.05, 0) is 17.9 Å². The molecule has 2 N–H and O–H groups in total. The van der Waals surface area contributed by atoms with E-state index in [2.05, 4.69) is 23.7 Å². The van der Waals surface area contributed by atoms with Gasteiger partial charge in [0.25, 0.3) is 0 Å². The van der Waals surface area contributed by atoms with Crippen LogP contribution in [-0.2, 0) is 6.42 Å². The van der Waals surface area contributed by atoms with Gasteiger partial charge in [-0.1, -0.05) is 18.2 Å². The first kappa shape index (κ1) is 10.0. The first-order valence-corrected chi connectivity index (χ1v) is 6.01. The average Bonchev–Trinajstić information content (AvgIpc) is 2.16. The minimum Gasteiger partial charge on any atom is -0.387 e. The summed E-state index contributed by atoms with van der Waals surface area (Å²) in [4.78, 5) is 1.27. The third kappa shape index (κ3) is 1.95. The molecule has 76 valence electrons. The lowest BCUT2D eigenvalue weighted by molar-refractivity contribution is -0.00949. The zero-order chi connectivity index (χ0) is 10.0. The van der Waals surface area contributed by atoms with Gasteiger partial charge in [-0.25, -0.2) is 0 Å². The molecule has 1 fully saturated rings. The van der Waals surface area contributed by atoms with Crippen LogP contribution in [0.15, 0.2) is 29.2 Å². The zero-order valence-corrected chi connectivity index (χ0v) is 9.10. The molecule has 0 radical (unpaired) electrons. The van der Waals surface area contributed by atoms with E-state index in [9.17, 15) is 5.11 Å². The smallest absolute Gasteiger partial charge is 0.0935 e. The molecule has 1 aliphatic heterocycles. The van der Waals surface area contributed by atoms with E-state index in [0.29, 0.717) is 0 Å². The van der Waals surface area contributed by atoms with Crippen LogP contribution in [0.25, 0.3) is 0 Å². The lowest BCUT2D eigenvalue weighted by atomic mass is 9.89. The maximum absolute atomic E-state index is 10.0. The van der Waals surface area contributed by atoms with Crippen molar-refractivity contribution in [1.29, 1.82) is 0 Å². The molecule has 14 heavy (non-hydrogen) atoms. The van der Waals surface area contributed by atoms with E-state index in [1.807, 2.05) is 12.1 Å². The largest absolute Gasteiger partial charge is 0.387 e. The van der Waals surface area contributed by atoms with Crippen molar-refractivity contribution in [2.24, 2.45) is 0 Å². The fraction of sp³-hybridized carbons (Fsp3) is 0.455. The van der Waals surface area contributed by atoms with Crippen LogP contribution in [0, 0.1) is 0 Å². The quantitative estimate of drug-likeness (QED) is 0.736. The van der Waals surface area contributed by atoms with Gasteiger partial charge in [0.15, 0.2) is 0 Å². The molecule has 1 aromatic carbocycles. The Morgan fingerprint density at radius 3 is 2.71 bits per heavy atom. The molecule has 0 atom stereocenters. The highest BCUT2D eigenvalue weighted by Crippen LogP contribution is 2.25. The van der Waals surface area contributed by atoms with Crippen LogP contribution in [0.1, 0.15) is 5.56 Å². The SMILES string of the molecule is CSc1ccccc1CC1(O)CNC1. The Bertz CT molecular complexity index is 323. The lowest BCUT2D eigenvalue weighted by Gasteiger charge is -2.38. The molecular formula is C11H15NOS. The first-order valence-electron chi connectivity index (χ1n) is 4.78. The Hall–Kier alpha value is -0.510.